The molecule has 1 aromatic carbocycles. The number of hydrogen-bond donors (Lipinski definition) is 0. The third kappa shape index (κ3) is 2.17. The van der Waals surface area contributed by atoms with E-state index in [1.165, 1.54) is 6.07 Å². The van der Waals surface area contributed by atoms with Crippen LogP contribution in [-0.2, 0) is 4.79 Å². The Hall–Kier alpha value is -1.58. The molecule has 108 valence electrons. The zero-order valence-corrected chi connectivity index (χ0v) is 11.9. The van der Waals surface area contributed by atoms with E-state index in [4.69, 9.17) is 0 Å². The summed E-state index contributed by atoms with van der Waals surface area (Å²) < 4.78 is 13.3. The standard InChI is InChI=1S/C16H21FN2O/c1-2-18-9-6-16(15(18)20)7-10-19(11-8-16)14-5-3-4-13(17)12-14/h3-5,12H,2,6-11H2,1H3. The second-order valence-electron chi connectivity index (χ2n) is 5.88. The van der Waals surface area contributed by atoms with Crippen molar-refractivity contribution < 1.29 is 9.18 Å². The minimum atomic E-state index is -0.197. The highest BCUT2D eigenvalue weighted by Crippen LogP contribution is 2.42. The molecular weight excluding hydrogens is 255 g/mol. The Morgan fingerprint density at radius 2 is 1.90 bits per heavy atom. The van der Waals surface area contributed by atoms with E-state index in [0.717, 1.165) is 51.1 Å². The van der Waals surface area contributed by atoms with Gasteiger partial charge < -0.3 is 9.80 Å². The molecule has 2 heterocycles. The van der Waals surface area contributed by atoms with Gasteiger partial charge in [-0.1, -0.05) is 6.07 Å². The van der Waals surface area contributed by atoms with Gasteiger partial charge in [-0.25, -0.2) is 4.39 Å². The van der Waals surface area contributed by atoms with Crippen LogP contribution in [0.3, 0.4) is 0 Å². The molecule has 3 rings (SSSR count). The Labute approximate surface area is 119 Å². The molecule has 0 unspecified atom stereocenters. The lowest BCUT2D eigenvalue weighted by Gasteiger charge is -2.39. The van der Waals surface area contributed by atoms with Gasteiger partial charge in [0.15, 0.2) is 0 Å². The molecular formula is C16H21FN2O. The van der Waals surface area contributed by atoms with Gasteiger partial charge in [-0.2, -0.15) is 0 Å². The molecule has 2 aliphatic heterocycles. The molecule has 4 heteroatoms. The molecule has 2 fully saturated rings. The van der Waals surface area contributed by atoms with Crippen LogP contribution in [0.4, 0.5) is 10.1 Å². The molecule has 0 atom stereocenters. The molecule has 0 aliphatic carbocycles. The van der Waals surface area contributed by atoms with Crippen LogP contribution in [0.2, 0.25) is 0 Å². The largest absolute Gasteiger partial charge is 0.371 e. The number of amides is 1. The summed E-state index contributed by atoms with van der Waals surface area (Å²) in [5.74, 6) is 0.135. The number of carbonyl (C=O) groups excluding carboxylic acids is 1. The fourth-order valence-electron chi connectivity index (χ4n) is 3.52. The van der Waals surface area contributed by atoms with Crippen molar-refractivity contribution in [2.24, 2.45) is 5.41 Å². The van der Waals surface area contributed by atoms with Crippen LogP contribution < -0.4 is 4.90 Å². The van der Waals surface area contributed by atoms with Crippen molar-refractivity contribution in [2.45, 2.75) is 26.2 Å². The Morgan fingerprint density at radius 1 is 1.20 bits per heavy atom. The van der Waals surface area contributed by atoms with Gasteiger partial charge in [0, 0.05) is 31.9 Å². The van der Waals surface area contributed by atoms with Crippen LogP contribution in [0, 0.1) is 11.2 Å². The van der Waals surface area contributed by atoms with Gasteiger partial charge in [0.2, 0.25) is 5.91 Å². The number of anilines is 1. The topological polar surface area (TPSA) is 23.6 Å². The van der Waals surface area contributed by atoms with Crippen molar-refractivity contribution in [3.63, 3.8) is 0 Å². The average Bonchev–Trinajstić information content (AvgIpc) is 2.77. The Kier molecular flexibility index (Phi) is 3.40. The van der Waals surface area contributed by atoms with E-state index in [9.17, 15) is 9.18 Å². The maximum Gasteiger partial charge on any atom is 0.228 e. The normalized spacial score (nSPS) is 21.8. The molecule has 1 spiro atoms. The first kappa shape index (κ1) is 13.4. The summed E-state index contributed by atoms with van der Waals surface area (Å²) in [4.78, 5) is 16.6. The van der Waals surface area contributed by atoms with Gasteiger partial charge in [0.25, 0.3) is 0 Å². The maximum absolute atomic E-state index is 13.3. The highest BCUT2D eigenvalue weighted by Gasteiger charge is 2.47. The zero-order valence-electron chi connectivity index (χ0n) is 11.9. The van der Waals surface area contributed by atoms with Gasteiger partial charge in [0.1, 0.15) is 5.82 Å². The fourth-order valence-corrected chi connectivity index (χ4v) is 3.52. The van der Waals surface area contributed by atoms with Crippen molar-refractivity contribution >= 4 is 11.6 Å². The summed E-state index contributed by atoms with van der Waals surface area (Å²) in [6.07, 6.45) is 2.76. The molecule has 1 amide bonds. The van der Waals surface area contributed by atoms with Crippen LogP contribution in [0.25, 0.3) is 0 Å². The summed E-state index contributed by atoms with van der Waals surface area (Å²) in [6, 6.07) is 6.73. The Balaban J connectivity index is 1.70. The SMILES string of the molecule is CCN1CCC2(CCN(c3cccc(F)c3)CC2)C1=O. The second kappa shape index (κ2) is 5.08. The average molecular weight is 276 g/mol. The molecule has 0 aromatic heterocycles. The first-order chi connectivity index (χ1) is 9.64. The van der Waals surface area contributed by atoms with Crippen LogP contribution in [0.5, 0.6) is 0 Å². The number of carbonyl (C=O) groups is 1. The number of rotatable bonds is 2. The van der Waals surface area contributed by atoms with Crippen molar-refractivity contribution in [1.29, 1.82) is 0 Å². The molecule has 1 aromatic rings. The number of halogens is 1. The molecule has 0 N–H and O–H groups in total. The number of nitrogens with zero attached hydrogens (tertiary/aromatic N) is 2. The molecule has 3 nitrogen and oxygen atoms in total. The number of piperidine rings is 1. The van der Waals surface area contributed by atoms with Gasteiger partial charge in [0.05, 0.1) is 5.41 Å². The lowest BCUT2D eigenvalue weighted by molar-refractivity contribution is -0.136. The van der Waals surface area contributed by atoms with Crippen molar-refractivity contribution in [3.8, 4) is 0 Å². The number of benzene rings is 1. The van der Waals surface area contributed by atoms with Crippen molar-refractivity contribution in [1.82, 2.24) is 4.90 Å². The first-order valence-electron chi connectivity index (χ1n) is 7.44. The number of hydrogen-bond acceptors (Lipinski definition) is 2. The van der Waals surface area contributed by atoms with E-state index in [1.807, 2.05) is 17.9 Å². The third-order valence-electron chi connectivity index (χ3n) is 4.88. The summed E-state index contributed by atoms with van der Waals surface area (Å²) >= 11 is 0. The van der Waals surface area contributed by atoms with Gasteiger partial charge >= 0.3 is 0 Å². The minimum Gasteiger partial charge on any atom is -0.371 e. The smallest absolute Gasteiger partial charge is 0.228 e. The summed E-state index contributed by atoms with van der Waals surface area (Å²) in [5.41, 5.74) is 0.789. The van der Waals surface area contributed by atoms with E-state index in [-0.39, 0.29) is 11.2 Å². The minimum absolute atomic E-state index is 0.139. The lowest BCUT2D eigenvalue weighted by atomic mass is 9.77. The molecule has 0 radical (unpaired) electrons. The van der Waals surface area contributed by atoms with Gasteiger partial charge in [-0.05, 0) is 44.4 Å². The third-order valence-corrected chi connectivity index (χ3v) is 4.88. The first-order valence-corrected chi connectivity index (χ1v) is 7.44. The summed E-state index contributed by atoms with van der Waals surface area (Å²) in [7, 11) is 0. The molecule has 0 bridgehead atoms. The summed E-state index contributed by atoms with van der Waals surface area (Å²) in [5, 5.41) is 0. The molecule has 2 aliphatic rings. The quantitative estimate of drug-likeness (QED) is 0.829. The van der Waals surface area contributed by atoms with Crippen molar-refractivity contribution in [2.75, 3.05) is 31.1 Å². The van der Waals surface area contributed by atoms with Crippen LogP contribution in [-0.4, -0.2) is 37.0 Å². The predicted molar refractivity (Wildman–Crippen MR) is 77.2 cm³/mol. The van der Waals surface area contributed by atoms with E-state index in [2.05, 4.69) is 4.90 Å². The monoisotopic (exact) mass is 276 g/mol. The van der Waals surface area contributed by atoms with E-state index >= 15 is 0 Å². The van der Waals surface area contributed by atoms with Crippen LogP contribution >= 0.6 is 0 Å². The predicted octanol–water partition coefficient (Wildman–Crippen LogP) is 2.66. The van der Waals surface area contributed by atoms with Gasteiger partial charge in [-0.3, -0.25) is 4.79 Å². The summed E-state index contributed by atoms with van der Waals surface area (Å²) in [6.45, 7) is 5.43. The van der Waals surface area contributed by atoms with Crippen molar-refractivity contribution in [3.05, 3.63) is 30.1 Å². The van der Waals surface area contributed by atoms with E-state index in [0.29, 0.717) is 5.91 Å². The maximum atomic E-state index is 13.3. The fraction of sp³-hybridized carbons (Fsp3) is 0.562. The highest BCUT2D eigenvalue weighted by atomic mass is 19.1. The molecule has 20 heavy (non-hydrogen) atoms. The Morgan fingerprint density at radius 3 is 2.50 bits per heavy atom. The lowest BCUT2D eigenvalue weighted by Crippen LogP contribution is -2.44. The molecule has 0 saturated carbocycles. The zero-order chi connectivity index (χ0) is 14.2. The van der Waals surface area contributed by atoms with Crippen LogP contribution in [0.15, 0.2) is 24.3 Å². The van der Waals surface area contributed by atoms with E-state index < -0.39 is 0 Å². The Bertz CT molecular complexity index is 509. The highest BCUT2D eigenvalue weighted by molar-refractivity contribution is 5.85. The van der Waals surface area contributed by atoms with E-state index in [1.54, 1.807) is 12.1 Å². The second-order valence-corrected chi connectivity index (χ2v) is 5.88. The molecule has 2 saturated heterocycles. The number of likely N-dealkylation sites (tertiary alicyclic amines) is 1. The van der Waals surface area contributed by atoms with Gasteiger partial charge in [-0.15, -0.1) is 0 Å². The van der Waals surface area contributed by atoms with Crippen LogP contribution in [0.1, 0.15) is 26.2 Å².